The first-order valence-corrected chi connectivity index (χ1v) is 7.62. The first kappa shape index (κ1) is 12.2. The van der Waals surface area contributed by atoms with Crippen LogP contribution in [0, 0.1) is 5.92 Å². The van der Waals surface area contributed by atoms with Crippen LogP contribution in [0.3, 0.4) is 0 Å². The van der Waals surface area contributed by atoms with Crippen molar-refractivity contribution in [3.8, 4) is 0 Å². The molecule has 2 unspecified atom stereocenters. The van der Waals surface area contributed by atoms with Gasteiger partial charge in [-0.3, -0.25) is 0 Å². The lowest BCUT2D eigenvalue weighted by Gasteiger charge is -2.31. The van der Waals surface area contributed by atoms with Crippen LogP contribution < -0.4 is 5.32 Å². The minimum Gasteiger partial charge on any atom is -0.330 e. The van der Waals surface area contributed by atoms with Crippen molar-refractivity contribution >= 4 is 0 Å². The lowest BCUT2D eigenvalue weighted by atomic mass is 9.83. The highest BCUT2D eigenvalue weighted by Crippen LogP contribution is 2.35. The maximum absolute atomic E-state index is 4.31. The second-order valence-corrected chi connectivity index (χ2v) is 5.96. The topological polar surface area (TPSA) is 29.9 Å². The van der Waals surface area contributed by atoms with E-state index < -0.39 is 0 Å². The number of imidazole rings is 1. The molecule has 2 atom stereocenters. The smallest absolute Gasteiger partial charge is 0.0951 e. The fraction of sp³-hybridized carbons (Fsp3) is 0.800. The van der Waals surface area contributed by atoms with Gasteiger partial charge in [-0.05, 0) is 31.6 Å². The molecular weight excluding hydrogens is 222 g/mol. The van der Waals surface area contributed by atoms with Gasteiger partial charge < -0.3 is 9.88 Å². The molecule has 2 aliphatic rings. The standard InChI is InChI=1S/C15H25N3/c1-2-12-5-3-4-6-15(12)17-10-14-9-16-11-18(14)13-7-8-13/h9,11-13,15,17H,2-8,10H2,1H3. The van der Waals surface area contributed by atoms with Crippen molar-refractivity contribution in [1.29, 1.82) is 0 Å². The average Bonchev–Trinajstić information content (AvgIpc) is 3.16. The highest BCUT2D eigenvalue weighted by molar-refractivity contribution is 5.03. The van der Waals surface area contributed by atoms with Crippen molar-refractivity contribution in [1.82, 2.24) is 14.9 Å². The number of nitrogens with one attached hydrogen (secondary N) is 1. The van der Waals surface area contributed by atoms with Crippen LogP contribution in [0.4, 0.5) is 0 Å². The monoisotopic (exact) mass is 247 g/mol. The maximum Gasteiger partial charge on any atom is 0.0951 e. The van der Waals surface area contributed by atoms with Gasteiger partial charge in [0.25, 0.3) is 0 Å². The highest BCUT2D eigenvalue weighted by Gasteiger charge is 2.26. The SMILES string of the molecule is CCC1CCCCC1NCc1cncn1C1CC1. The molecule has 1 heterocycles. The molecule has 0 saturated heterocycles. The van der Waals surface area contributed by atoms with E-state index >= 15 is 0 Å². The summed E-state index contributed by atoms with van der Waals surface area (Å²) in [7, 11) is 0. The minimum absolute atomic E-state index is 0.728. The molecule has 0 radical (unpaired) electrons. The third kappa shape index (κ3) is 2.61. The van der Waals surface area contributed by atoms with Crippen molar-refractivity contribution in [3.05, 3.63) is 18.2 Å². The van der Waals surface area contributed by atoms with E-state index in [0.29, 0.717) is 0 Å². The van der Waals surface area contributed by atoms with Gasteiger partial charge in [-0.1, -0.05) is 26.2 Å². The molecule has 0 aliphatic heterocycles. The Balaban J connectivity index is 1.57. The Bertz CT molecular complexity index is 381. The Morgan fingerprint density at radius 1 is 1.28 bits per heavy atom. The Labute approximate surface area is 110 Å². The zero-order chi connectivity index (χ0) is 12.4. The zero-order valence-corrected chi connectivity index (χ0v) is 11.4. The van der Waals surface area contributed by atoms with Crippen LogP contribution in [0.2, 0.25) is 0 Å². The first-order valence-electron chi connectivity index (χ1n) is 7.62. The summed E-state index contributed by atoms with van der Waals surface area (Å²) >= 11 is 0. The molecule has 2 aliphatic carbocycles. The Morgan fingerprint density at radius 2 is 2.11 bits per heavy atom. The molecule has 0 bridgehead atoms. The summed E-state index contributed by atoms with van der Waals surface area (Å²) in [5, 5.41) is 3.79. The predicted octanol–water partition coefficient (Wildman–Crippen LogP) is 3.28. The van der Waals surface area contributed by atoms with Crippen molar-refractivity contribution in [2.24, 2.45) is 5.92 Å². The molecule has 0 aromatic carbocycles. The molecule has 3 rings (SSSR count). The quantitative estimate of drug-likeness (QED) is 0.865. The fourth-order valence-electron chi connectivity index (χ4n) is 3.35. The van der Waals surface area contributed by atoms with E-state index in [4.69, 9.17) is 0 Å². The molecule has 0 spiro atoms. The molecule has 100 valence electrons. The van der Waals surface area contributed by atoms with E-state index in [1.807, 2.05) is 12.5 Å². The summed E-state index contributed by atoms with van der Waals surface area (Å²) in [5.41, 5.74) is 1.37. The van der Waals surface area contributed by atoms with E-state index in [-0.39, 0.29) is 0 Å². The minimum atomic E-state index is 0.728. The van der Waals surface area contributed by atoms with E-state index in [9.17, 15) is 0 Å². The molecule has 1 aromatic heterocycles. The maximum atomic E-state index is 4.31. The molecule has 0 amide bonds. The van der Waals surface area contributed by atoms with Gasteiger partial charge in [0.2, 0.25) is 0 Å². The Hall–Kier alpha value is -0.830. The molecule has 1 N–H and O–H groups in total. The van der Waals surface area contributed by atoms with Crippen LogP contribution in [-0.2, 0) is 6.54 Å². The number of rotatable bonds is 5. The van der Waals surface area contributed by atoms with Gasteiger partial charge in [-0.15, -0.1) is 0 Å². The Kier molecular flexibility index (Phi) is 3.69. The lowest BCUT2D eigenvalue weighted by Crippen LogP contribution is -2.38. The number of hydrogen-bond donors (Lipinski definition) is 1. The molecular formula is C15H25N3. The zero-order valence-electron chi connectivity index (χ0n) is 11.4. The summed E-state index contributed by atoms with van der Waals surface area (Å²) in [6.07, 6.45) is 13.6. The third-order valence-corrected chi connectivity index (χ3v) is 4.67. The van der Waals surface area contributed by atoms with Gasteiger partial charge in [-0.2, -0.15) is 0 Å². The first-order chi connectivity index (χ1) is 8.88. The number of hydrogen-bond acceptors (Lipinski definition) is 2. The predicted molar refractivity (Wildman–Crippen MR) is 73.4 cm³/mol. The van der Waals surface area contributed by atoms with Gasteiger partial charge in [0.15, 0.2) is 0 Å². The van der Waals surface area contributed by atoms with E-state index in [0.717, 1.165) is 24.5 Å². The number of aromatic nitrogens is 2. The van der Waals surface area contributed by atoms with Crippen LogP contribution in [0.5, 0.6) is 0 Å². The summed E-state index contributed by atoms with van der Waals surface area (Å²) in [5.74, 6) is 0.885. The molecule has 1 aromatic rings. The van der Waals surface area contributed by atoms with Crippen LogP contribution in [0.15, 0.2) is 12.5 Å². The van der Waals surface area contributed by atoms with Crippen LogP contribution >= 0.6 is 0 Å². The lowest BCUT2D eigenvalue weighted by molar-refractivity contribution is 0.253. The van der Waals surface area contributed by atoms with Gasteiger partial charge in [0, 0.05) is 24.8 Å². The second-order valence-electron chi connectivity index (χ2n) is 5.96. The molecule has 3 nitrogen and oxygen atoms in total. The van der Waals surface area contributed by atoms with Crippen LogP contribution in [-0.4, -0.2) is 15.6 Å². The van der Waals surface area contributed by atoms with Gasteiger partial charge in [0.1, 0.15) is 0 Å². The molecule has 18 heavy (non-hydrogen) atoms. The van der Waals surface area contributed by atoms with E-state index in [2.05, 4.69) is 21.8 Å². The molecule has 2 fully saturated rings. The summed E-state index contributed by atoms with van der Waals surface area (Å²) < 4.78 is 2.37. The molecule has 2 saturated carbocycles. The van der Waals surface area contributed by atoms with E-state index in [1.165, 1.54) is 50.6 Å². The largest absolute Gasteiger partial charge is 0.330 e. The van der Waals surface area contributed by atoms with Gasteiger partial charge in [-0.25, -0.2) is 4.98 Å². The summed E-state index contributed by atoms with van der Waals surface area (Å²) in [6, 6.07) is 1.48. The average molecular weight is 247 g/mol. The normalized spacial score (nSPS) is 28.5. The highest BCUT2D eigenvalue weighted by atomic mass is 15.1. The van der Waals surface area contributed by atoms with E-state index in [1.54, 1.807) is 0 Å². The third-order valence-electron chi connectivity index (χ3n) is 4.67. The van der Waals surface area contributed by atoms with Crippen molar-refractivity contribution in [2.45, 2.75) is 70.5 Å². The number of nitrogens with zero attached hydrogens (tertiary/aromatic N) is 2. The van der Waals surface area contributed by atoms with Gasteiger partial charge in [0.05, 0.1) is 12.0 Å². The van der Waals surface area contributed by atoms with Crippen molar-refractivity contribution in [3.63, 3.8) is 0 Å². The van der Waals surface area contributed by atoms with Crippen molar-refractivity contribution in [2.75, 3.05) is 0 Å². The summed E-state index contributed by atoms with van der Waals surface area (Å²) in [4.78, 5) is 4.31. The second kappa shape index (κ2) is 5.43. The fourth-order valence-corrected chi connectivity index (χ4v) is 3.35. The van der Waals surface area contributed by atoms with Gasteiger partial charge >= 0.3 is 0 Å². The van der Waals surface area contributed by atoms with Crippen molar-refractivity contribution < 1.29 is 0 Å². The Morgan fingerprint density at radius 3 is 2.89 bits per heavy atom. The van der Waals surface area contributed by atoms with Crippen LogP contribution in [0.1, 0.15) is 63.6 Å². The molecule has 3 heteroatoms. The summed E-state index contributed by atoms with van der Waals surface area (Å²) in [6.45, 7) is 3.33. The van der Waals surface area contributed by atoms with Crippen LogP contribution in [0.25, 0.3) is 0 Å².